The van der Waals surface area contributed by atoms with Crippen LogP contribution in [0.25, 0.3) is 10.9 Å². The van der Waals surface area contributed by atoms with Crippen LogP contribution < -0.4 is 10.6 Å². The van der Waals surface area contributed by atoms with Gasteiger partial charge in [-0.05, 0) is 78.2 Å². The van der Waals surface area contributed by atoms with Crippen LogP contribution in [0.2, 0.25) is 0 Å². The van der Waals surface area contributed by atoms with Gasteiger partial charge in [0, 0.05) is 34.2 Å². The van der Waals surface area contributed by atoms with E-state index in [1.54, 1.807) is 30.5 Å². The van der Waals surface area contributed by atoms with E-state index in [0.717, 1.165) is 23.5 Å². The molecule has 5 heteroatoms. The third-order valence-corrected chi connectivity index (χ3v) is 5.59. The van der Waals surface area contributed by atoms with E-state index in [4.69, 9.17) is 0 Å². The molecule has 0 aliphatic rings. The summed E-state index contributed by atoms with van der Waals surface area (Å²) in [6.07, 6.45) is 2.53. The monoisotopic (exact) mass is 447 g/mol. The molecule has 0 saturated carbocycles. The van der Waals surface area contributed by atoms with Gasteiger partial charge in [-0.2, -0.15) is 0 Å². The SMILES string of the molecule is O=C(Nc1ccc(Cc2ccccc2)cc1)c1ccc(Nc2ccnc3ccc(F)cc23)cc1. The molecule has 0 spiro atoms. The predicted molar refractivity (Wildman–Crippen MR) is 135 cm³/mol. The smallest absolute Gasteiger partial charge is 0.255 e. The number of hydrogen-bond donors (Lipinski definition) is 2. The molecule has 0 unspecified atom stereocenters. The zero-order valence-corrected chi connectivity index (χ0v) is 18.3. The van der Waals surface area contributed by atoms with E-state index in [9.17, 15) is 9.18 Å². The number of fused-ring (bicyclic) bond motifs is 1. The summed E-state index contributed by atoms with van der Waals surface area (Å²) in [5, 5.41) is 6.91. The number of hydrogen-bond acceptors (Lipinski definition) is 3. The van der Waals surface area contributed by atoms with Crippen molar-refractivity contribution < 1.29 is 9.18 Å². The predicted octanol–water partition coefficient (Wildman–Crippen LogP) is 6.96. The van der Waals surface area contributed by atoms with E-state index >= 15 is 0 Å². The Morgan fingerprint density at radius 1 is 0.765 bits per heavy atom. The van der Waals surface area contributed by atoms with Crippen molar-refractivity contribution in [3.8, 4) is 0 Å². The summed E-state index contributed by atoms with van der Waals surface area (Å²) in [6.45, 7) is 0. The van der Waals surface area contributed by atoms with Gasteiger partial charge in [-0.1, -0.05) is 42.5 Å². The van der Waals surface area contributed by atoms with Crippen LogP contribution in [0.15, 0.2) is 109 Å². The molecule has 166 valence electrons. The summed E-state index contributed by atoms with van der Waals surface area (Å²) < 4.78 is 13.7. The minimum absolute atomic E-state index is 0.182. The van der Waals surface area contributed by atoms with Crippen LogP contribution in [-0.4, -0.2) is 10.9 Å². The number of nitrogens with one attached hydrogen (secondary N) is 2. The average Bonchev–Trinajstić information content (AvgIpc) is 2.87. The summed E-state index contributed by atoms with van der Waals surface area (Å²) in [5.74, 6) is -0.498. The summed E-state index contributed by atoms with van der Waals surface area (Å²) in [7, 11) is 0. The maximum Gasteiger partial charge on any atom is 0.255 e. The molecule has 0 saturated heterocycles. The largest absolute Gasteiger partial charge is 0.355 e. The topological polar surface area (TPSA) is 54.0 Å². The Bertz CT molecular complexity index is 1430. The molecule has 0 aliphatic carbocycles. The minimum atomic E-state index is -0.316. The molecule has 0 aliphatic heterocycles. The van der Waals surface area contributed by atoms with Crippen LogP contribution in [0.4, 0.5) is 21.5 Å². The van der Waals surface area contributed by atoms with E-state index < -0.39 is 0 Å². The lowest BCUT2D eigenvalue weighted by Gasteiger charge is -2.11. The Morgan fingerprint density at radius 2 is 1.47 bits per heavy atom. The number of amides is 1. The number of rotatable bonds is 6. The molecule has 4 aromatic carbocycles. The normalized spacial score (nSPS) is 10.7. The Morgan fingerprint density at radius 3 is 2.24 bits per heavy atom. The molecule has 5 aromatic rings. The fraction of sp³-hybridized carbons (Fsp3) is 0.0345. The van der Waals surface area contributed by atoms with Gasteiger partial charge in [-0.15, -0.1) is 0 Å². The van der Waals surface area contributed by atoms with Crippen LogP contribution in [-0.2, 0) is 6.42 Å². The Hall–Kier alpha value is -4.51. The van der Waals surface area contributed by atoms with Crippen LogP contribution in [0.3, 0.4) is 0 Å². The van der Waals surface area contributed by atoms with Crippen LogP contribution in [0, 0.1) is 5.82 Å². The van der Waals surface area contributed by atoms with Crippen molar-refractivity contribution in [2.75, 3.05) is 10.6 Å². The number of carbonyl (C=O) groups is 1. The van der Waals surface area contributed by atoms with Gasteiger partial charge in [-0.3, -0.25) is 9.78 Å². The first kappa shape index (κ1) is 21.3. The molecule has 0 bridgehead atoms. The molecule has 5 rings (SSSR count). The van der Waals surface area contributed by atoms with Crippen LogP contribution in [0.5, 0.6) is 0 Å². The van der Waals surface area contributed by atoms with Crippen molar-refractivity contribution in [3.63, 3.8) is 0 Å². The Kier molecular flexibility index (Phi) is 5.99. The molecule has 1 heterocycles. The van der Waals surface area contributed by atoms with E-state index in [2.05, 4.69) is 27.8 Å². The highest BCUT2D eigenvalue weighted by atomic mass is 19.1. The maximum atomic E-state index is 13.7. The molecule has 0 radical (unpaired) electrons. The van der Waals surface area contributed by atoms with Gasteiger partial charge in [0.05, 0.1) is 5.52 Å². The lowest BCUT2D eigenvalue weighted by Crippen LogP contribution is -2.11. The zero-order valence-electron chi connectivity index (χ0n) is 18.3. The number of aromatic nitrogens is 1. The van der Waals surface area contributed by atoms with E-state index in [-0.39, 0.29) is 11.7 Å². The van der Waals surface area contributed by atoms with Crippen molar-refractivity contribution in [3.05, 3.63) is 132 Å². The summed E-state index contributed by atoms with van der Waals surface area (Å²) >= 11 is 0. The lowest BCUT2D eigenvalue weighted by atomic mass is 10.0. The summed E-state index contributed by atoms with van der Waals surface area (Å²) in [4.78, 5) is 17.0. The zero-order chi connectivity index (χ0) is 23.3. The third kappa shape index (κ3) is 4.94. The molecule has 0 fully saturated rings. The molecule has 2 N–H and O–H groups in total. The second kappa shape index (κ2) is 9.55. The van der Waals surface area contributed by atoms with E-state index in [0.29, 0.717) is 16.5 Å². The fourth-order valence-electron chi connectivity index (χ4n) is 3.83. The summed E-state index contributed by atoms with van der Waals surface area (Å²) in [6, 6.07) is 31.6. The van der Waals surface area contributed by atoms with E-state index in [1.807, 2.05) is 54.6 Å². The maximum absolute atomic E-state index is 13.7. The lowest BCUT2D eigenvalue weighted by molar-refractivity contribution is 0.102. The fourth-order valence-corrected chi connectivity index (χ4v) is 3.83. The second-order valence-electron chi connectivity index (χ2n) is 8.04. The standard InChI is InChI=1S/C29H22FN3O/c30-23-10-15-27-26(19-23)28(16-17-31-27)32-24-13-8-22(9-14-24)29(34)33-25-11-6-21(7-12-25)18-20-4-2-1-3-5-20/h1-17,19H,18H2,(H,31,32)(H,33,34). The highest BCUT2D eigenvalue weighted by Gasteiger charge is 2.08. The molecule has 34 heavy (non-hydrogen) atoms. The van der Waals surface area contributed by atoms with Gasteiger partial charge >= 0.3 is 0 Å². The first-order valence-corrected chi connectivity index (χ1v) is 11.0. The van der Waals surface area contributed by atoms with Gasteiger partial charge in [0.15, 0.2) is 0 Å². The minimum Gasteiger partial charge on any atom is -0.355 e. The number of carbonyl (C=O) groups excluding carboxylic acids is 1. The van der Waals surface area contributed by atoms with Gasteiger partial charge in [-0.25, -0.2) is 4.39 Å². The van der Waals surface area contributed by atoms with Crippen molar-refractivity contribution in [2.45, 2.75) is 6.42 Å². The molecule has 4 nitrogen and oxygen atoms in total. The Labute approximate surface area is 197 Å². The van der Waals surface area contributed by atoms with E-state index in [1.165, 1.54) is 23.3 Å². The first-order chi connectivity index (χ1) is 16.6. The molecule has 1 amide bonds. The number of halogens is 1. The van der Waals surface area contributed by atoms with Crippen LogP contribution in [0.1, 0.15) is 21.5 Å². The Balaban J connectivity index is 1.24. The number of anilines is 3. The van der Waals surface area contributed by atoms with Gasteiger partial charge < -0.3 is 10.6 Å². The molecular weight excluding hydrogens is 425 g/mol. The first-order valence-electron chi connectivity index (χ1n) is 11.0. The third-order valence-electron chi connectivity index (χ3n) is 5.59. The average molecular weight is 448 g/mol. The summed E-state index contributed by atoms with van der Waals surface area (Å²) in [5.41, 5.74) is 5.97. The number of benzene rings is 4. The van der Waals surface area contributed by atoms with Crippen molar-refractivity contribution >= 4 is 33.9 Å². The highest BCUT2D eigenvalue weighted by molar-refractivity contribution is 6.04. The molecule has 0 atom stereocenters. The highest BCUT2D eigenvalue weighted by Crippen LogP contribution is 2.26. The van der Waals surface area contributed by atoms with Crippen molar-refractivity contribution in [2.24, 2.45) is 0 Å². The van der Waals surface area contributed by atoms with Gasteiger partial charge in [0.2, 0.25) is 0 Å². The number of pyridine rings is 1. The van der Waals surface area contributed by atoms with Gasteiger partial charge in [0.1, 0.15) is 5.82 Å². The van der Waals surface area contributed by atoms with Crippen molar-refractivity contribution in [1.82, 2.24) is 4.98 Å². The quantitative estimate of drug-likeness (QED) is 0.296. The molecule has 1 aromatic heterocycles. The number of nitrogens with zero attached hydrogens (tertiary/aromatic N) is 1. The van der Waals surface area contributed by atoms with Crippen molar-refractivity contribution in [1.29, 1.82) is 0 Å². The van der Waals surface area contributed by atoms with Gasteiger partial charge in [0.25, 0.3) is 5.91 Å². The second-order valence-corrected chi connectivity index (χ2v) is 8.04. The van der Waals surface area contributed by atoms with Crippen LogP contribution >= 0.6 is 0 Å². The molecular formula is C29H22FN3O.